The highest BCUT2D eigenvalue weighted by atomic mass is 32.1. The number of hydrogen-bond donors (Lipinski definition) is 1. The summed E-state index contributed by atoms with van der Waals surface area (Å²) >= 11 is 1.38. The Bertz CT molecular complexity index is 469. The number of benzene rings is 1. The van der Waals surface area contributed by atoms with Crippen molar-refractivity contribution in [1.82, 2.24) is 4.98 Å². The van der Waals surface area contributed by atoms with Crippen molar-refractivity contribution in [3.63, 3.8) is 0 Å². The molecule has 0 saturated carbocycles. The zero-order valence-corrected chi connectivity index (χ0v) is 7.99. The summed E-state index contributed by atoms with van der Waals surface area (Å²) < 4.78 is 1.00. The van der Waals surface area contributed by atoms with Crippen LogP contribution in [-0.4, -0.2) is 16.4 Å². The van der Waals surface area contributed by atoms with Crippen LogP contribution in [0.4, 0.5) is 0 Å². The summed E-state index contributed by atoms with van der Waals surface area (Å²) in [5, 5.41) is 9.32. The van der Waals surface area contributed by atoms with Gasteiger partial charge in [-0.15, -0.1) is 11.3 Å². The minimum atomic E-state index is 0.214. The first-order valence-corrected chi connectivity index (χ1v) is 4.82. The lowest BCUT2D eigenvalue weighted by atomic mass is 10.3. The second kappa shape index (κ2) is 3.59. The number of carbonyl (C=O) groups excluding carboxylic acids is 1. The second-order valence-electron chi connectivity index (χ2n) is 2.69. The van der Waals surface area contributed by atoms with Gasteiger partial charge in [-0.05, 0) is 12.1 Å². The van der Waals surface area contributed by atoms with Gasteiger partial charge >= 0.3 is 0 Å². The van der Waals surface area contributed by atoms with Gasteiger partial charge in [0.25, 0.3) is 0 Å². The molecule has 0 aliphatic rings. The van der Waals surface area contributed by atoms with E-state index in [9.17, 15) is 4.79 Å². The summed E-state index contributed by atoms with van der Waals surface area (Å²) in [5.41, 5.74) is 1.06. The predicted octanol–water partition coefficient (Wildman–Crippen LogP) is 2.39. The minimum absolute atomic E-state index is 0.214. The fourth-order valence-electron chi connectivity index (χ4n) is 1.13. The number of aliphatic hydroxyl groups is 1. The summed E-state index contributed by atoms with van der Waals surface area (Å²) in [5.74, 6) is 0. The largest absolute Gasteiger partial charge is 0.515 e. The molecule has 0 bridgehead atoms. The Labute approximate surface area is 84.3 Å². The van der Waals surface area contributed by atoms with Crippen molar-refractivity contribution in [2.75, 3.05) is 0 Å². The molecule has 14 heavy (non-hydrogen) atoms. The lowest BCUT2D eigenvalue weighted by molar-refractivity contribution is -0.103. The van der Waals surface area contributed by atoms with Crippen LogP contribution >= 0.6 is 11.3 Å². The number of carbonyl (C=O) groups is 1. The third-order valence-electron chi connectivity index (χ3n) is 1.81. The number of nitrogens with zero attached hydrogens (tertiary/aromatic N) is 1. The van der Waals surface area contributed by atoms with E-state index in [0.717, 1.165) is 16.5 Å². The SMILES string of the molecule is O=C/C(=C/O)c1nc2ccccc2s1. The molecule has 0 atom stereocenters. The van der Waals surface area contributed by atoms with Crippen molar-refractivity contribution in [1.29, 1.82) is 0 Å². The normalized spacial score (nSPS) is 11.9. The van der Waals surface area contributed by atoms with Crippen LogP contribution < -0.4 is 0 Å². The van der Waals surface area contributed by atoms with Crippen molar-refractivity contribution in [3.05, 3.63) is 35.5 Å². The predicted molar refractivity (Wildman–Crippen MR) is 56.3 cm³/mol. The second-order valence-corrected chi connectivity index (χ2v) is 3.72. The van der Waals surface area contributed by atoms with Crippen LogP contribution in [0.15, 0.2) is 30.5 Å². The van der Waals surface area contributed by atoms with Gasteiger partial charge in [-0.25, -0.2) is 4.98 Å². The maximum atomic E-state index is 10.6. The Hall–Kier alpha value is -1.68. The van der Waals surface area contributed by atoms with E-state index in [1.54, 1.807) is 0 Å². The molecule has 0 aliphatic carbocycles. The van der Waals surface area contributed by atoms with Gasteiger partial charge < -0.3 is 5.11 Å². The van der Waals surface area contributed by atoms with E-state index in [1.807, 2.05) is 24.3 Å². The van der Waals surface area contributed by atoms with E-state index in [0.29, 0.717) is 11.3 Å². The van der Waals surface area contributed by atoms with E-state index in [4.69, 9.17) is 5.11 Å². The van der Waals surface area contributed by atoms with Crippen LogP contribution in [0.2, 0.25) is 0 Å². The number of rotatable bonds is 2. The van der Waals surface area contributed by atoms with Crippen LogP contribution in [0.25, 0.3) is 15.8 Å². The van der Waals surface area contributed by atoms with E-state index in [1.165, 1.54) is 11.3 Å². The van der Waals surface area contributed by atoms with Gasteiger partial charge in [0.1, 0.15) is 5.01 Å². The molecule has 1 aromatic carbocycles. The molecule has 0 radical (unpaired) electrons. The van der Waals surface area contributed by atoms with Gasteiger partial charge in [-0.1, -0.05) is 12.1 Å². The topological polar surface area (TPSA) is 50.2 Å². The minimum Gasteiger partial charge on any atom is -0.515 e. The molecule has 0 amide bonds. The maximum Gasteiger partial charge on any atom is 0.156 e. The molecule has 1 heterocycles. The van der Waals surface area contributed by atoms with Gasteiger partial charge in [0, 0.05) is 0 Å². The number of aromatic nitrogens is 1. The fourth-order valence-corrected chi connectivity index (χ4v) is 2.07. The monoisotopic (exact) mass is 205 g/mol. The van der Waals surface area contributed by atoms with E-state index in [-0.39, 0.29) is 5.57 Å². The molecule has 2 aromatic rings. The molecule has 0 saturated heterocycles. The summed E-state index contributed by atoms with van der Waals surface area (Å²) in [7, 11) is 0. The van der Waals surface area contributed by atoms with Crippen molar-refractivity contribution in [3.8, 4) is 0 Å². The third-order valence-corrected chi connectivity index (χ3v) is 2.89. The first-order valence-electron chi connectivity index (χ1n) is 4.00. The zero-order chi connectivity index (χ0) is 9.97. The van der Waals surface area contributed by atoms with Gasteiger partial charge in [-0.3, -0.25) is 4.79 Å². The molecule has 0 unspecified atom stereocenters. The summed E-state index contributed by atoms with van der Waals surface area (Å²) in [4.78, 5) is 14.8. The Kier molecular flexibility index (Phi) is 2.28. The molecular weight excluding hydrogens is 198 g/mol. The third kappa shape index (κ3) is 1.40. The van der Waals surface area contributed by atoms with Crippen LogP contribution in [-0.2, 0) is 4.79 Å². The average Bonchev–Trinajstić information content (AvgIpc) is 2.63. The van der Waals surface area contributed by atoms with Crippen LogP contribution in [0.1, 0.15) is 5.01 Å². The standard InChI is InChI=1S/C10H7NO2S/c12-5-7(6-13)10-11-8-3-1-2-4-9(8)14-10/h1-6,12H/b7-5-. The quantitative estimate of drug-likeness (QED) is 0.465. The van der Waals surface area contributed by atoms with Gasteiger partial charge in [0.2, 0.25) is 0 Å². The first-order chi connectivity index (χ1) is 6.85. The molecule has 0 aliphatic heterocycles. The molecule has 2 rings (SSSR count). The molecule has 4 heteroatoms. The number of fused-ring (bicyclic) bond motifs is 1. The number of aldehydes is 1. The Morgan fingerprint density at radius 3 is 2.86 bits per heavy atom. The van der Waals surface area contributed by atoms with E-state index >= 15 is 0 Å². The maximum absolute atomic E-state index is 10.6. The Morgan fingerprint density at radius 1 is 1.43 bits per heavy atom. The lowest BCUT2D eigenvalue weighted by Crippen LogP contribution is -1.83. The highest BCUT2D eigenvalue weighted by molar-refractivity contribution is 7.19. The number of aliphatic hydroxyl groups excluding tert-OH is 1. The molecular formula is C10H7NO2S. The van der Waals surface area contributed by atoms with Crippen molar-refractivity contribution < 1.29 is 9.90 Å². The van der Waals surface area contributed by atoms with Crippen LogP contribution in [0.5, 0.6) is 0 Å². The summed E-state index contributed by atoms with van der Waals surface area (Å²) in [6, 6.07) is 7.59. The molecule has 0 fully saturated rings. The van der Waals surface area contributed by atoms with Gasteiger partial charge in [-0.2, -0.15) is 0 Å². The summed E-state index contributed by atoms with van der Waals surface area (Å²) in [6.07, 6.45) is 1.38. The fraction of sp³-hybridized carbons (Fsp3) is 0. The van der Waals surface area contributed by atoms with Crippen molar-refractivity contribution in [2.45, 2.75) is 0 Å². The number of hydrogen-bond acceptors (Lipinski definition) is 4. The molecule has 1 N–H and O–H groups in total. The van der Waals surface area contributed by atoms with Crippen LogP contribution in [0.3, 0.4) is 0 Å². The Morgan fingerprint density at radius 2 is 2.21 bits per heavy atom. The smallest absolute Gasteiger partial charge is 0.156 e. The molecule has 1 aromatic heterocycles. The first kappa shape index (κ1) is 8.90. The lowest BCUT2D eigenvalue weighted by Gasteiger charge is -1.87. The zero-order valence-electron chi connectivity index (χ0n) is 7.18. The molecule has 70 valence electrons. The Balaban J connectivity index is 2.60. The van der Waals surface area contributed by atoms with E-state index < -0.39 is 0 Å². The van der Waals surface area contributed by atoms with Crippen molar-refractivity contribution >= 4 is 33.4 Å². The highest BCUT2D eigenvalue weighted by Gasteiger charge is 2.07. The number of thiazole rings is 1. The summed E-state index contributed by atoms with van der Waals surface area (Å²) in [6.45, 7) is 0. The highest BCUT2D eigenvalue weighted by Crippen LogP contribution is 2.25. The molecule has 3 nitrogen and oxygen atoms in total. The van der Waals surface area contributed by atoms with Gasteiger partial charge in [0.05, 0.1) is 22.1 Å². The van der Waals surface area contributed by atoms with Crippen LogP contribution in [0, 0.1) is 0 Å². The number of allylic oxidation sites excluding steroid dienone is 1. The van der Waals surface area contributed by atoms with Crippen molar-refractivity contribution in [2.24, 2.45) is 0 Å². The number of para-hydroxylation sites is 1. The molecule has 0 spiro atoms. The van der Waals surface area contributed by atoms with Gasteiger partial charge in [0.15, 0.2) is 6.29 Å². The average molecular weight is 205 g/mol. The van der Waals surface area contributed by atoms with E-state index in [2.05, 4.69) is 4.98 Å².